The van der Waals surface area contributed by atoms with E-state index in [4.69, 9.17) is 0 Å². The Morgan fingerprint density at radius 1 is 0.529 bits per heavy atom. The molecule has 4 unspecified atom stereocenters. The van der Waals surface area contributed by atoms with Crippen molar-refractivity contribution in [3.8, 4) is 0 Å². The van der Waals surface area contributed by atoms with Crippen LogP contribution in [0.5, 0.6) is 0 Å². The van der Waals surface area contributed by atoms with Crippen molar-refractivity contribution >= 4 is 0 Å². The molecule has 0 aromatic rings. The van der Waals surface area contributed by atoms with Crippen molar-refractivity contribution in [2.45, 2.75) is 98.0 Å². The van der Waals surface area contributed by atoms with Gasteiger partial charge in [0.15, 0.2) is 0 Å². The minimum atomic E-state index is -1.82. The second kappa shape index (κ2) is 8.00. The van der Waals surface area contributed by atoms with Crippen LogP contribution in [0.2, 0.25) is 16.9 Å². The zero-order valence-corrected chi connectivity index (χ0v) is 15.2. The topological polar surface area (TPSA) is 0 Å². The van der Waals surface area contributed by atoms with Crippen molar-refractivity contribution in [2.24, 2.45) is 0 Å². The van der Waals surface area contributed by atoms with Gasteiger partial charge in [-0.1, -0.05) is 0 Å². The van der Waals surface area contributed by atoms with E-state index < -0.39 is 16.6 Å². The Hall–Kier alpha value is 0.714. The summed E-state index contributed by atoms with van der Waals surface area (Å²) < 4.78 is 4.09. The molecule has 0 aliphatic heterocycles. The Morgan fingerprint density at radius 3 is 0.824 bits per heavy atom. The fourth-order valence-electron chi connectivity index (χ4n) is 4.33. The predicted octanol–water partition coefficient (Wildman–Crippen LogP) is 7.01. The molecule has 0 nitrogen and oxygen atoms in total. The summed E-state index contributed by atoms with van der Waals surface area (Å²) >= 11 is -1.82. The molecule has 0 amide bonds. The van der Waals surface area contributed by atoms with Crippen LogP contribution in [0.15, 0.2) is 0 Å². The Balaban J connectivity index is 5.51. The van der Waals surface area contributed by atoms with Crippen LogP contribution >= 0.6 is 0 Å². The molecule has 0 aromatic carbocycles. The van der Waals surface area contributed by atoms with E-state index in [1.54, 1.807) is 0 Å². The zero-order chi connectivity index (χ0) is 13.6. The quantitative estimate of drug-likeness (QED) is 0.418. The summed E-state index contributed by atoms with van der Waals surface area (Å²) in [5, 5.41) is 0. The molecular weight excluding hydrogens is 240 g/mol. The van der Waals surface area contributed by atoms with Gasteiger partial charge in [0.05, 0.1) is 0 Å². The second-order valence-corrected chi connectivity index (χ2v) is 15.5. The summed E-state index contributed by atoms with van der Waals surface area (Å²) in [6.45, 7) is 20.0. The van der Waals surface area contributed by atoms with Crippen molar-refractivity contribution < 1.29 is 16.6 Å². The van der Waals surface area contributed by atoms with Crippen molar-refractivity contribution in [3.05, 3.63) is 0 Å². The summed E-state index contributed by atoms with van der Waals surface area (Å²) in [4.78, 5) is 0. The van der Waals surface area contributed by atoms with Gasteiger partial charge < -0.3 is 0 Å². The fourth-order valence-corrected chi connectivity index (χ4v) is 17.8. The van der Waals surface area contributed by atoms with Crippen LogP contribution < -0.4 is 0 Å². The van der Waals surface area contributed by atoms with Gasteiger partial charge in [0.1, 0.15) is 0 Å². The maximum atomic E-state index is 2.57. The van der Waals surface area contributed by atoms with E-state index in [0.717, 1.165) is 16.9 Å². The molecule has 0 saturated heterocycles. The molecule has 0 N–H and O–H groups in total. The van der Waals surface area contributed by atoms with E-state index in [2.05, 4.69) is 55.4 Å². The number of hydrogen-bond donors (Lipinski definition) is 0. The summed E-state index contributed by atoms with van der Waals surface area (Å²) in [6.07, 6.45) is 5.61. The molecule has 0 heterocycles. The minimum absolute atomic E-state index is 1.02. The van der Waals surface area contributed by atoms with Crippen LogP contribution in [0.3, 0.4) is 0 Å². The van der Waals surface area contributed by atoms with Gasteiger partial charge in [0, 0.05) is 0 Å². The van der Waals surface area contributed by atoms with Gasteiger partial charge in [-0.05, 0) is 0 Å². The van der Waals surface area contributed by atoms with Crippen LogP contribution in [0, 0.1) is 0 Å². The third kappa shape index (κ3) is 3.38. The van der Waals surface area contributed by atoms with Gasteiger partial charge in [-0.15, -0.1) is 0 Å². The summed E-state index contributed by atoms with van der Waals surface area (Å²) in [5.41, 5.74) is 0. The van der Waals surface area contributed by atoms with Crippen LogP contribution in [0.25, 0.3) is 0 Å². The summed E-state index contributed by atoms with van der Waals surface area (Å²) in [5.74, 6) is 0. The predicted molar refractivity (Wildman–Crippen MR) is 78.9 cm³/mol. The molecule has 4 atom stereocenters. The maximum absolute atomic E-state index is 2.57. The molecule has 0 fully saturated rings. The van der Waals surface area contributed by atoms with E-state index >= 15 is 0 Å². The van der Waals surface area contributed by atoms with E-state index in [1.165, 1.54) is 25.7 Å². The first kappa shape index (κ1) is 17.7. The number of hydrogen-bond acceptors (Lipinski definition) is 0. The molecular formula is C16H36Ti. The fraction of sp³-hybridized carbons (Fsp3) is 1.00. The average Bonchev–Trinajstić information content (AvgIpc) is 2.37. The van der Waals surface area contributed by atoms with E-state index in [0.29, 0.717) is 0 Å². The Morgan fingerprint density at radius 2 is 0.706 bits per heavy atom. The molecule has 1 heteroatoms. The normalized spacial score (nSPS) is 22.6. The van der Waals surface area contributed by atoms with Gasteiger partial charge in [-0.25, -0.2) is 0 Å². The van der Waals surface area contributed by atoms with Crippen LogP contribution in [-0.4, -0.2) is 0 Å². The molecule has 0 aromatic heterocycles. The van der Waals surface area contributed by atoms with Gasteiger partial charge in [-0.3, -0.25) is 0 Å². The van der Waals surface area contributed by atoms with Gasteiger partial charge in [0.25, 0.3) is 0 Å². The summed E-state index contributed by atoms with van der Waals surface area (Å²) in [6, 6.07) is 0. The van der Waals surface area contributed by atoms with E-state index in [1.807, 2.05) is 0 Å². The van der Waals surface area contributed by atoms with Crippen LogP contribution in [0.4, 0.5) is 0 Å². The molecule has 17 heavy (non-hydrogen) atoms. The SMILES string of the molecule is CC[CH](C)[Ti]([CH](C)CC)([CH](C)CC)[CH](C)CC. The Kier molecular flexibility index (Phi) is 8.34. The van der Waals surface area contributed by atoms with Crippen molar-refractivity contribution in [3.63, 3.8) is 0 Å². The molecule has 0 rings (SSSR count). The summed E-state index contributed by atoms with van der Waals surface area (Å²) in [7, 11) is 0. The average molecular weight is 276 g/mol. The number of rotatable bonds is 8. The first-order valence-corrected chi connectivity index (χ1v) is 11.5. The van der Waals surface area contributed by atoms with Crippen LogP contribution in [0.1, 0.15) is 81.1 Å². The van der Waals surface area contributed by atoms with Crippen molar-refractivity contribution in [2.75, 3.05) is 0 Å². The molecule has 0 aliphatic rings. The Labute approximate surface area is 114 Å². The molecule has 0 bridgehead atoms. The van der Waals surface area contributed by atoms with E-state index in [-0.39, 0.29) is 0 Å². The standard InChI is InChI=1S/4C4H9.Ti/c4*1-3-4-2;/h4*3H,4H2,1-2H3;. The van der Waals surface area contributed by atoms with Crippen molar-refractivity contribution in [1.82, 2.24) is 0 Å². The first-order valence-electron chi connectivity index (χ1n) is 7.93. The van der Waals surface area contributed by atoms with Gasteiger partial charge in [-0.2, -0.15) is 0 Å². The Bertz CT molecular complexity index is 154. The van der Waals surface area contributed by atoms with Gasteiger partial charge in [0.2, 0.25) is 0 Å². The first-order chi connectivity index (χ1) is 7.93. The molecule has 0 radical (unpaired) electrons. The molecule has 0 spiro atoms. The second-order valence-electron chi connectivity index (χ2n) is 6.24. The molecule has 0 aliphatic carbocycles. The van der Waals surface area contributed by atoms with E-state index in [9.17, 15) is 0 Å². The third-order valence-corrected chi connectivity index (χ3v) is 19.1. The molecule has 0 saturated carbocycles. The molecule has 104 valence electrons. The van der Waals surface area contributed by atoms with Gasteiger partial charge >= 0.3 is 115 Å². The monoisotopic (exact) mass is 276 g/mol. The van der Waals surface area contributed by atoms with Crippen LogP contribution in [-0.2, 0) is 16.6 Å². The third-order valence-electron chi connectivity index (χ3n) is 5.86. The van der Waals surface area contributed by atoms with Crippen molar-refractivity contribution in [1.29, 1.82) is 0 Å². The zero-order valence-electron chi connectivity index (χ0n) is 13.6.